The Kier molecular flexibility index (Phi) is 4.45. The summed E-state index contributed by atoms with van der Waals surface area (Å²) in [6.07, 6.45) is 5.56. The van der Waals surface area contributed by atoms with E-state index in [1.54, 1.807) is 6.92 Å². The number of halogens is 1. The van der Waals surface area contributed by atoms with Crippen molar-refractivity contribution in [3.8, 4) is 0 Å². The summed E-state index contributed by atoms with van der Waals surface area (Å²) in [6.45, 7) is 3.82. The molecule has 3 unspecified atom stereocenters. The molecule has 2 nitrogen and oxygen atoms in total. The van der Waals surface area contributed by atoms with Crippen molar-refractivity contribution in [1.29, 1.82) is 0 Å². The molecule has 2 rings (SSSR count). The van der Waals surface area contributed by atoms with Gasteiger partial charge >= 0.3 is 0 Å². The van der Waals surface area contributed by atoms with E-state index >= 15 is 0 Å². The molecule has 1 aliphatic rings. The van der Waals surface area contributed by atoms with Crippen molar-refractivity contribution in [1.82, 2.24) is 0 Å². The predicted molar refractivity (Wildman–Crippen MR) is 82.6 cm³/mol. The standard InChI is InChI=1S/C15H19IO2/c1-11(17)10-12(2)18-15(16)9-5-7-13-6-3-4-8-14(13)15/h3-8,11-12,17H,9-10H2,1-2H3. The molecule has 98 valence electrons. The summed E-state index contributed by atoms with van der Waals surface area (Å²) in [4.78, 5) is 0. The van der Waals surface area contributed by atoms with Crippen molar-refractivity contribution in [3.63, 3.8) is 0 Å². The number of alkyl halides is 1. The minimum Gasteiger partial charge on any atom is -0.393 e. The topological polar surface area (TPSA) is 29.5 Å². The monoisotopic (exact) mass is 358 g/mol. The molecule has 1 aromatic carbocycles. The molecule has 0 saturated carbocycles. The van der Waals surface area contributed by atoms with Crippen molar-refractivity contribution in [2.45, 2.75) is 42.5 Å². The van der Waals surface area contributed by atoms with Crippen LogP contribution in [0.5, 0.6) is 0 Å². The van der Waals surface area contributed by atoms with Crippen LogP contribution in [0.25, 0.3) is 6.08 Å². The number of hydrogen-bond donors (Lipinski definition) is 1. The Morgan fingerprint density at radius 2 is 2.11 bits per heavy atom. The second-order valence-electron chi connectivity index (χ2n) is 4.94. The molecule has 0 fully saturated rings. The summed E-state index contributed by atoms with van der Waals surface area (Å²) < 4.78 is 5.88. The summed E-state index contributed by atoms with van der Waals surface area (Å²) in [5, 5.41) is 9.44. The zero-order valence-electron chi connectivity index (χ0n) is 10.8. The Bertz CT molecular complexity index is 442. The van der Waals surface area contributed by atoms with Gasteiger partial charge in [0.1, 0.15) is 3.61 Å². The van der Waals surface area contributed by atoms with E-state index in [0.717, 1.165) is 6.42 Å². The molecule has 3 atom stereocenters. The molecule has 3 heteroatoms. The molecule has 1 aromatic rings. The highest BCUT2D eigenvalue weighted by Gasteiger charge is 2.34. The Hall–Kier alpha value is -0.390. The molecule has 0 aliphatic heterocycles. The van der Waals surface area contributed by atoms with Crippen LogP contribution in [-0.4, -0.2) is 17.3 Å². The van der Waals surface area contributed by atoms with Crippen LogP contribution in [0.3, 0.4) is 0 Å². The van der Waals surface area contributed by atoms with Crippen LogP contribution in [0.1, 0.15) is 37.8 Å². The van der Waals surface area contributed by atoms with Gasteiger partial charge in [-0.05, 0) is 48.4 Å². The zero-order chi connectivity index (χ0) is 13.2. The van der Waals surface area contributed by atoms with Crippen LogP contribution in [0.2, 0.25) is 0 Å². The van der Waals surface area contributed by atoms with Crippen LogP contribution in [-0.2, 0) is 8.34 Å². The maximum atomic E-state index is 9.44. The van der Waals surface area contributed by atoms with Crippen LogP contribution in [0, 0.1) is 0 Å². The van der Waals surface area contributed by atoms with E-state index in [2.05, 4.69) is 46.9 Å². The number of rotatable bonds is 4. The Morgan fingerprint density at radius 1 is 1.39 bits per heavy atom. The van der Waals surface area contributed by atoms with Crippen LogP contribution < -0.4 is 0 Å². The first-order valence-corrected chi connectivity index (χ1v) is 7.40. The number of ether oxygens (including phenoxy) is 1. The maximum absolute atomic E-state index is 9.44. The van der Waals surface area contributed by atoms with Gasteiger partial charge in [-0.25, -0.2) is 0 Å². The fourth-order valence-corrected chi connectivity index (χ4v) is 3.57. The third-order valence-corrected chi connectivity index (χ3v) is 4.38. The van der Waals surface area contributed by atoms with Gasteiger partial charge in [-0.1, -0.05) is 36.4 Å². The fourth-order valence-electron chi connectivity index (χ4n) is 2.39. The lowest BCUT2D eigenvalue weighted by atomic mass is 9.94. The van der Waals surface area contributed by atoms with E-state index in [0.29, 0.717) is 6.42 Å². The zero-order valence-corrected chi connectivity index (χ0v) is 12.9. The average molecular weight is 358 g/mol. The summed E-state index contributed by atoms with van der Waals surface area (Å²) >= 11 is 2.39. The average Bonchev–Trinajstić information content (AvgIpc) is 2.28. The second-order valence-corrected chi connectivity index (χ2v) is 6.68. The van der Waals surface area contributed by atoms with Gasteiger partial charge in [-0.15, -0.1) is 0 Å². The van der Waals surface area contributed by atoms with Gasteiger partial charge < -0.3 is 9.84 Å². The first-order valence-electron chi connectivity index (χ1n) is 6.32. The molecule has 0 spiro atoms. The molecule has 18 heavy (non-hydrogen) atoms. The highest BCUT2D eigenvalue weighted by atomic mass is 127. The number of hydrogen-bond acceptors (Lipinski definition) is 2. The lowest BCUT2D eigenvalue weighted by Gasteiger charge is -2.34. The van der Waals surface area contributed by atoms with Crippen molar-refractivity contribution in [2.75, 3.05) is 0 Å². The minimum atomic E-state index is -0.325. The first-order chi connectivity index (χ1) is 8.51. The number of aliphatic hydroxyl groups excluding tert-OH is 1. The smallest absolute Gasteiger partial charge is 0.148 e. The van der Waals surface area contributed by atoms with Crippen molar-refractivity contribution < 1.29 is 9.84 Å². The van der Waals surface area contributed by atoms with Gasteiger partial charge in [0.25, 0.3) is 0 Å². The predicted octanol–water partition coefficient (Wildman–Crippen LogP) is 3.87. The van der Waals surface area contributed by atoms with Crippen molar-refractivity contribution >= 4 is 28.7 Å². The minimum absolute atomic E-state index is 0.0430. The van der Waals surface area contributed by atoms with Gasteiger partial charge in [0.2, 0.25) is 0 Å². The lowest BCUT2D eigenvalue weighted by Crippen LogP contribution is -2.30. The van der Waals surface area contributed by atoms with Gasteiger partial charge in [0, 0.05) is 12.0 Å². The van der Waals surface area contributed by atoms with E-state index < -0.39 is 0 Å². The number of benzene rings is 1. The number of fused-ring (bicyclic) bond motifs is 1. The quantitative estimate of drug-likeness (QED) is 0.654. The van der Waals surface area contributed by atoms with E-state index in [4.69, 9.17) is 4.74 Å². The van der Waals surface area contributed by atoms with Gasteiger partial charge in [-0.3, -0.25) is 0 Å². The van der Waals surface area contributed by atoms with Crippen LogP contribution in [0.4, 0.5) is 0 Å². The van der Waals surface area contributed by atoms with Crippen LogP contribution in [0.15, 0.2) is 30.3 Å². The van der Waals surface area contributed by atoms with Crippen LogP contribution >= 0.6 is 22.6 Å². The van der Waals surface area contributed by atoms with Gasteiger partial charge in [-0.2, -0.15) is 0 Å². The molecule has 0 saturated heterocycles. The summed E-state index contributed by atoms with van der Waals surface area (Å²) in [5.74, 6) is 0. The SMILES string of the molecule is CC(O)CC(C)OC1(I)CC=Cc2ccccc21. The molecule has 1 aliphatic carbocycles. The molecular formula is C15H19IO2. The second kappa shape index (κ2) is 5.72. The fraction of sp³-hybridized carbons (Fsp3) is 0.467. The molecule has 0 heterocycles. The maximum Gasteiger partial charge on any atom is 0.148 e. The van der Waals surface area contributed by atoms with E-state index in [-0.39, 0.29) is 15.8 Å². The van der Waals surface area contributed by atoms with E-state index in [1.807, 2.05) is 19.1 Å². The molecule has 0 bridgehead atoms. The molecular weight excluding hydrogens is 339 g/mol. The Labute approximate surface area is 122 Å². The molecule has 0 amide bonds. The summed E-state index contributed by atoms with van der Waals surface area (Å²) in [6, 6.07) is 8.33. The van der Waals surface area contributed by atoms with Gasteiger partial charge in [0.15, 0.2) is 0 Å². The lowest BCUT2D eigenvalue weighted by molar-refractivity contribution is -0.0359. The van der Waals surface area contributed by atoms with E-state index in [1.165, 1.54) is 11.1 Å². The molecule has 0 radical (unpaired) electrons. The molecule has 1 N–H and O–H groups in total. The number of aliphatic hydroxyl groups is 1. The first kappa shape index (κ1) is 14.0. The largest absolute Gasteiger partial charge is 0.393 e. The normalized spacial score (nSPS) is 25.6. The third-order valence-electron chi connectivity index (χ3n) is 3.10. The molecule has 0 aromatic heterocycles. The summed E-state index contributed by atoms with van der Waals surface area (Å²) in [7, 11) is 0. The van der Waals surface area contributed by atoms with Crippen molar-refractivity contribution in [2.24, 2.45) is 0 Å². The Balaban J connectivity index is 2.19. The highest BCUT2D eigenvalue weighted by Crippen LogP contribution is 2.43. The van der Waals surface area contributed by atoms with Gasteiger partial charge in [0.05, 0.1) is 12.2 Å². The highest BCUT2D eigenvalue weighted by molar-refractivity contribution is 14.1. The van der Waals surface area contributed by atoms with E-state index in [9.17, 15) is 5.11 Å². The Morgan fingerprint density at radius 3 is 2.83 bits per heavy atom. The third kappa shape index (κ3) is 3.13. The van der Waals surface area contributed by atoms with Crippen molar-refractivity contribution in [3.05, 3.63) is 41.5 Å². The summed E-state index contributed by atoms with van der Waals surface area (Å²) in [5.41, 5.74) is 2.45.